The fraction of sp³-hybridized carbons (Fsp3) is 1.00. The van der Waals surface area contributed by atoms with Gasteiger partial charge in [-0.1, -0.05) is 33.6 Å². The van der Waals surface area contributed by atoms with Crippen LogP contribution in [0.15, 0.2) is 0 Å². The molecule has 0 radical (unpaired) electrons. The molecule has 1 atom stereocenters. The molecule has 0 aromatic heterocycles. The van der Waals surface area contributed by atoms with Crippen molar-refractivity contribution in [3.8, 4) is 0 Å². The highest BCUT2D eigenvalue weighted by atomic mass is 14.7. The molecule has 0 heterocycles. The number of hydrogen-bond acceptors (Lipinski definition) is 1. The summed E-state index contributed by atoms with van der Waals surface area (Å²) in [7, 11) is 0. The zero-order chi connectivity index (χ0) is 13.1. The molecule has 2 aliphatic rings. The molecule has 0 bridgehead atoms. The average Bonchev–Trinajstić information content (AvgIpc) is 2.39. The molecule has 106 valence electrons. The van der Waals surface area contributed by atoms with Gasteiger partial charge in [0.25, 0.3) is 0 Å². The Kier molecular flexibility index (Phi) is 5.12. The standard InChI is InChI=1S/C17H33N/c1-12(2)14-8-10-16(11-9-14)17(18)15-6-4-13(3)5-7-15/h12-17H,4-11,18H2,1-3H3. The Morgan fingerprint density at radius 1 is 0.722 bits per heavy atom. The molecular formula is C17H33N. The van der Waals surface area contributed by atoms with Crippen molar-refractivity contribution in [2.75, 3.05) is 0 Å². The summed E-state index contributed by atoms with van der Waals surface area (Å²) >= 11 is 0. The van der Waals surface area contributed by atoms with Gasteiger partial charge in [-0.2, -0.15) is 0 Å². The van der Waals surface area contributed by atoms with E-state index in [2.05, 4.69) is 20.8 Å². The highest BCUT2D eigenvalue weighted by molar-refractivity contribution is 4.87. The minimum Gasteiger partial charge on any atom is -0.327 e. The van der Waals surface area contributed by atoms with E-state index in [0.29, 0.717) is 6.04 Å². The second-order valence-electron chi connectivity index (χ2n) is 7.52. The predicted octanol–water partition coefficient (Wildman–Crippen LogP) is 4.60. The van der Waals surface area contributed by atoms with Gasteiger partial charge in [-0.3, -0.25) is 0 Å². The summed E-state index contributed by atoms with van der Waals surface area (Å²) in [5, 5.41) is 0. The van der Waals surface area contributed by atoms with Gasteiger partial charge in [0.1, 0.15) is 0 Å². The molecule has 2 aliphatic carbocycles. The lowest BCUT2D eigenvalue weighted by Gasteiger charge is -2.39. The van der Waals surface area contributed by atoms with Gasteiger partial charge in [0, 0.05) is 6.04 Å². The summed E-state index contributed by atoms with van der Waals surface area (Å²) in [5.74, 6) is 4.46. The molecule has 0 amide bonds. The molecule has 18 heavy (non-hydrogen) atoms. The summed E-state index contributed by atoms with van der Waals surface area (Å²) in [4.78, 5) is 0. The summed E-state index contributed by atoms with van der Waals surface area (Å²) in [6.07, 6.45) is 11.3. The van der Waals surface area contributed by atoms with Crippen LogP contribution in [0.2, 0.25) is 0 Å². The van der Waals surface area contributed by atoms with Crippen LogP contribution in [-0.4, -0.2) is 6.04 Å². The minimum atomic E-state index is 0.505. The summed E-state index contributed by atoms with van der Waals surface area (Å²) < 4.78 is 0. The third-order valence-electron chi connectivity index (χ3n) is 5.91. The van der Waals surface area contributed by atoms with Crippen LogP contribution in [0.25, 0.3) is 0 Å². The van der Waals surface area contributed by atoms with Gasteiger partial charge >= 0.3 is 0 Å². The van der Waals surface area contributed by atoms with Crippen LogP contribution < -0.4 is 5.73 Å². The van der Waals surface area contributed by atoms with Gasteiger partial charge in [0.2, 0.25) is 0 Å². The lowest BCUT2D eigenvalue weighted by atomic mass is 9.69. The van der Waals surface area contributed by atoms with Crippen LogP contribution in [0.3, 0.4) is 0 Å². The van der Waals surface area contributed by atoms with Crippen LogP contribution in [0.4, 0.5) is 0 Å². The van der Waals surface area contributed by atoms with Gasteiger partial charge in [-0.25, -0.2) is 0 Å². The van der Waals surface area contributed by atoms with Crippen LogP contribution in [0.1, 0.15) is 72.1 Å². The van der Waals surface area contributed by atoms with Crippen molar-refractivity contribution in [3.63, 3.8) is 0 Å². The first kappa shape index (κ1) is 14.4. The second-order valence-corrected chi connectivity index (χ2v) is 7.52. The highest BCUT2D eigenvalue weighted by Gasteiger charge is 2.32. The van der Waals surface area contributed by atoms with Crippen molar-refractivity contribution in [3.05, 3.63) is 0 Å². The fourth-order valence-electron chi connectivity index (χ4n) is 4.25. The van der Waals surface area contributed by atoms with Crippen LogP contribution >= 0.6 is 0 Å². The molecule has 1 unspecified atom stereocenters. The Morgan fingerprint density at radius 3 is 1.56 bits per heavy atom. The Labute approximate surface area is 114 Å². The van der Waals surface area contributed by atoms with E-state index < -0.39 is 0 Å². The zero-order valence-electron chi connectivity index (χ0n) is 12.7. The molecule has 1 nitrogen and oxygen atoms in total. The Bertz CT molecular complexity index is 232. The first-order valence-electron chi connectivity index (χ1n) is 8.33. The van der Waals surface area contributed by atoms with Gasteiger partial charge in [-0.15, -0.1) is 0 Å². The summed E-state index contributed by atoms with van der Waals surface area (Å²) in [5.41, 5.74) is 6.59. The lowest BCUT2D eigenvalue weighted by molar-refractivity contribution is 0.151. The maximum absolute atomic E-state index is 6.59. The maximum atomic E-state index is 6.59. The quantitative estimate of drug-likeness (QED) is 0.779. The monoisotopic (exact) mass is 251 g/mol. The second kappa shape index (κ2) is 6.41. The van der Waals surface area contributed by atoms with E-state index in [1.165, 1.54) is 51.4 Å². The molecule has 2 fully saturated rings. The molecular weight excluding hydrogens is 218 g/mol. The first-order chi connectivity index (χ1) is 8.58. The summed E-state index contributed by atoms with van der Waals surface area (Å²) in [6.45, 7) is 7.16. The Balaban J connectivity index is 1.78. The van der Waals surface area contributed by atoms with Gasteiger partial charge in [0.15, 0.2) is 0 Å². The molecule has 0 saturated heterocycles. The van der Waals surface area contributed by atoms with Crippen molar-refractivity contribution in [1.82, 2.24) is 0 Å². The largest absolute Gasteiger partial charge is 0.327 e. The van der Waals surface area contributed by atoms with Crippen LogP contribution in [-0.2, 0) is 0 Å². The van der Waals surface area contributed by atoms with Crippen LogP contribution in [0, 0.1) is 29.6 Å². The summed E-state index contributed by atoms with van der Waals surface area (Å²) in [6, 6.07) is 0.505. The number of hydrogen-bond donors (Lipinski definition) is 1. The maximum Gasteiger partial charge on any atom is 0.00956 e. The smallest absolute Gasteiger partial charge is 0.00956 e. The van der Waals surface area contributed by atoms with Crippen molar-refractivity contribution in [2.45, 2.75) is 78.2 Å². The first-order valence-corrected chi connectivity index (χ1v) is 8.33. The van der Waals surface area contributed by atoms with Gasteiger partial charge in [-0.05, 0) is 68.1 Å². The Hall–Kier alpha value is -0.0400. The van der Waals surface area contributed by atoms with Crippen molar-refractivity contribution < 1.29 is 0 Å². The van der Waals surface area contributed by atoms with E-state index in [9.17, 15) is 0 Å². The third-order valence-corrected chi connectivity index (χ3v) is 5.91. The fourth-order valence-corrected chi connectivity index (χ4v) is 4.25. The van der Waals surface area contributed by atoms with Crippen molar-refractivity contribution in [2.24, 2.45) is 35.3 Å². The van der Waals surface area contributed by atoms with Crippen LogP contribution in [0.5, 0.6) is 0 Å². The molecule has 2 saturated carbocycles. The molecule has 0 spiro atoms. The van der Waals surface area contributed by atoms with E-state index in [-0.39, 0.29) is 0 Å². The van der Waals surface area contributed by atoms with E-state index in [0.717, 1.165) is 29.6 Å². The minimum absolute atomic E-state index is 0.505. The van der Waals surface area contributed by atoms with E-state index >= 15 is 0 Å². The van der Waals surface area contributed by atoms with Crippen molar-refractivity contribution >= 4 is 0 Å². The topological polar surface area (TPSA) is 26.0 Å². The molecule has 0 aromatic carbocycles. The SMILES string of the molecule is CC1CCC(C(N)C2CCC(C(C)C)CC2)CC1. The van der Waals surface area contributed by atoms with Crippen molar-refractivity contribution in [1.29, 1.82) is 0 Å². The Morgan fingerprint density at radius 2 is 1.11 bits per heavy atom. The van der Waals surface area contributed by atoms with E-state index in [1.807, 2.05) is 0 Å². The normalized spacial score (nSPS) is 39.8. The van der Waals surface area contributed by atoms with Gasteiger partial charge in [0.05, 0.1) is 0 Å². The average molecular weight is 251 g/mol. The van der Waals surface area contributed by atoms with E-state index in [1.54, 1.807) is 0 Å². The molecule has 2 N–H and O–H groups in total. The third kappa shape index (κ3) is 3.50. The molecule has 1 heteroatoms. The number of rotatable bonds is 3. The number of nitrogens with two attached hydrogens (primary N) is 1. The van der Waals surface area contributed by atoms with Gasteiger partial charge < -0.3 is 5.73 Å². The molecule has 2 rings (SSSR count). The van der Waals surface area contributed by atoms with E-state index in [4.69, 9.17) is 5.73 Å². The lowest BCUT2D eigenvalue weighted by Crippen LogP contribution is -2.41. The predicted molar refractivity (Wildman–Crippen MR) is 79.4 cm³/mol. The zero-order valence-corrected chi connectivity index (χ0v) is 12.7. The molecule has 0 aromatic rings. The highest BCUT2D eigenvalue weighted by Crippen LogP contribution is 2.39. The molecule has 0 aliphatic heterocycles.